The van der Waals surface area contributed by atoms with Gasteiger partial charge in [-0.3, -0.25) is 0 Å². The Balaban J connectivity index is 2.10. The summed E-state index contributed by atoms with van der Waals surface area (Å²) < 4.78 is 5.35. The lowest BCUT2D eigenvalue weighted by Gasteiger charge is -2.20. The highest BCUT2D eigenvalue weighted by molar-refractivity contribution is 5.33. The van der Waals surface area contributed by atoms with E-state index in [1.807, 2.05) is 54.6 Å². The SMILES string of the molecule is COc1ccccc1CC(C)C(O)c1ccccc1. The van der Waals surface area contributed by atoms with Crippen LogP contribution in [0.4, 0.5) is 0 Å². The van der Waals surface area contributed by atoms with Crippen molar-refractivity contribution in [3.8, 4) is 5.75 Å². The van der Waals surface area contributed by atoms with Crippen LogP contribution in [0.1, 0.15) is 24.2 Å². The molecule has 2 heteroatoms. The van der Waals surface area contributed by atoms with Gasteiger partial charge in [0.2, 0.25) is 0 Å². The zero-order valence-electron chi connectivity index (χ0n) is 11.4. The van der Waals surface area contributed by atoms with Crippen molar-refractivity contribution in [2.75, 3.05) is 7.11 Å². The third-order valence-corrected chi connectivity index (χ3v) is 3.41. The molecule has 2 atom stereocenters. The molecular formula is C17H20O2. The van der Waals surface area contributed by atoms with Crippen LogP contribution < -0.4 is 4.74 Å². The van der Waals surface area contributed by atoms with Crippen molar-refractivity contribution >= 4 is 0 Å². The normalized spacial score (nSPS) is 13.8. The molecule has 2 rings (SSSR count). The van der Waals surface area contributed by atoms with Gasteiger partial charge in [-0.2, -0.15) is 0 Å². The first-order chi connectivity index (χ1) is 9.22. The van der Waals surface area contributed by atoms with Crippen molar-refractivity contribution in [2.45, 2.75) is 19.4 Å². The molecule has 2 nitrogen and oxygen atoms in total. The van der Waals surface area contributed by atoms with Crippen LogP contribution >= 0.6 is 0 Å². The van der Waals surface area contributed by atoms with Crippen LogP contribution in [0.5, 0.6) is 5.75 Å². The fourth-order valence-electron chi connectivity index (χ4n) is 2.31. The summed E-state index contributed by atoms with van der Waals surface area (Å²) in [5.41, 5.74) is 2.09. The van der Waals surface area contributed by atoms with E-state index in [-0.39, 0.29) is 5.92 Å². The maximum Gasteiger partial charge on any atom is 0.122 e. The zero-order valence-corrected chi connectivity index (χ0v) is 11.4. The second-order valence-corrected chi connectivity index (χ2v) is 4.85. The van der Waals surface area contributed by atoms with Crippen LogP contribution in [0.2, 0.25) is 0 Å². The van der Waals surface area contributed by atoms with E-state index in [2.05, 4.69) is 6.92 Å². The summed E-state index contributed by atoms with van der Waals surface area (Å²) in [4.78, 5) is 0. The summed E-state index contributed by atoms with van der Waals surface area (Å²) in [6, 6.07) is 17.8. The molecule has 0 bridgehead atoms. The predicted octanol–water partition coefficient (Wildman–Crippen LogP) is 3.61. The Morgan fingerprint density at radius 1 is 1.00 bits per heavy atom. The highest BCUT2D eigenvalue weighted by Gasteiger charge is 2.17. The van der Waals surface area contributed by atoms with E-state index in [9.17, 15) is 5.11 Å². The maximum atomic E-state index is 10.4. The smallest absolute Gasteiger partial charge is 0.122 e. The molecule has 2 aromatic rings. The molecule has 0 aliphatic heterocycles. The molecule has 19 heavy (non-hydrogen) atoms. The van der Waals surface area contributed by atoms with Crippen LogP contribution in [0.25, 0.3) is 0 Å². The Hall–Kier alpha value is -1.80. The van der Waals surface area contributed by atoms with Gasteiger partial charge in [0.05, 0.1) is 13.2 Å². The lowest BCUT2D eigenvalue weighted by Crippen LogP contribution is -2.12. The highest BCUT2D eigenvalue weighted by atomic mass is 16.5. The first kappa shape index (κ1) is 13.6. The number of methoxy groups -OCH3 is 1. The van der Waals surface area contributed by atoms with E-state index >= 15 is 0 Å². The molecule has 0 saturated carbocycles. The van der Waals surface area contributed by atoms with Crippen molar-refractivity contribution in [3.05, 3.63) is 65.7 Å². The summed E-state index contributed by atoms with van der Waals surface area (Å²) in [5, 5.41) is 10.4. The molecule has 100 valence electrons. The fraction of sp³-hybridized carbons (Fsp3) is 0.294. The number of benzene rings is 2. The quantitative estimate of drug-likeness (QED) is 0.885. The molecule has 2 unspecified atom stereocenters. The van der Waals surface area contributed by atoms with Gasteiger partial charge in [-0.25, -0.2) is 0 Å². The second kappa shape index (κ2) is 6.39. The molecule has 0 fully saturated rings. The van der Waals surface area contributed by atoms with Gasteiger partial charge in [0, 0.05) is 0 Å². The summed E-state index contributed by atoms with van der Waals surface area (Å²) in [5.74, 6) is 1.02. The Morgan fingerprint density at radius 2 is 1.63 bits per heavy atom. The molecule has 0 radical (unpaired) electrons. The van der Waals surface area contributed by atoms with E-state index in [0.717, 1.165) is 23.3 Å². The van der Waals surface area contributed by atoms with Gasteiger partial charge in [0.1, 0.15) is 5.75 Å². The van der Waals surface area contributed by atoms with Crippen LogP contribution in [0.3, 0.4) is 0 Å². The van der Waals surface area contributed by atoms with E-state index < -0.39 is 6.10 Å². The predicted molar refractivity (Wildman–Crippen MR) is 77.3 cm³/mol. The minimum absolute atomic E-state index is 0.138. The third kappa shape index (κ3) is 3.36. The van der Waals surface area contributed by atoms with Gasteiger partial charge in [0.25, 0.3) is 0 Å². The van der Waals surface area contributed by atoms with Crippen LogP contribution in [0.15, 0.2) is 54.6 Å². The molecule has 0 aromatic heterocycles. The Labute approximate surface area is 114 Å². The van der Waals surface area contributed by atoms with Crippen LogP contribution in [-0.4, -0.2) is 12.2 Å². The largest absolute Gasteiger partial charge is 0.496 e. The summed E-state index contributed by atoms with van der Waals surface area (Å²) in [7, 11) is 1.68. The number of rotatable bonds is 5. The monoisotopic (exact) mass is 256 g/mol. The van der Waals surface area contributed by atoms with Crippen molar-refractivity contribution in [2.24, 2.45) is 5.92 Å². The number of hydrogen-bond acceptors (Lipinski definition) is 2. The topological polar surface area (TPSA) is 29.5 Å². The van der Waals surface area contributed by atoms with E-state index in [0.29, 0.717) is 0 Å². The minimum atomic E-state index is -0.453. The molecule has 0 aliphatic carbocycles. The standard InChI is InChI=1S/C17H20O2/c1-13(17(18)14-8-4-3-5-9-14)12-15-10-6-7-11-16(15)19-2/h3-11,13,17-18H,12H2,1-2H3. The summed E-state index contributed by atoms with van der Waals surface area (Å²) in [6.07, 6.45) is 0.339. The van der Waals surface area contributed by atoms with Crippen molar-refractivity contribution in [1.82, 2.24) is 0 Å². The van der Waals surface area contributed by atoms with Gasteiger partial charge >= 0.3 is 0 Å². The molecule has 2 aromatic carbocycles. The molecule has 0 amide bonds. The van der Waals surface area contributed by atoms with Crippen molar-refractivity contribution in [3.63, 3.8) is 0 Å². The first-order valence-corrected chi connectivity index (χ1v) is 6.57. The lowest BCUT2D eigenvalue weighted by atomic mass is 9.91. The molecular weight excluding hydrogens is 236 g/mol. The fourth-order valence-corrected chi connectivity index (χ4v) is 2.31. The lowest BCUT2D eigenvalue weighted by molar-refractivity contribution is 0.117. The molecule has 0 aliphatic rings. The van der Waals surface area contributed by atoms with Crippen molar-refractivity contribution in [1.29, 1.82) is 0 Å². The number of para-hydroxylation sites is 1. The Morgan fingerprint density at radius 3 is 2.32 bits per heavy atom. The van der Waals surface area contributed by atoms with Crippen LogP contribution in [0, 0.1) is 5.92 Å². The molecule has 0 spiro atoms. The Kier molecular flexibility index (Phi) is 4.58. The Bertz CT molecular complexity index is 508. The average molecular weight is 256 g/mol. The summed E-state index contributed by atoms with van der Waals surface area (Å²) >= 11 is 0. The van der Waals surface area contributed by atoms with Gasteiger partial charge < -0.3 is 9.84 Å². The number of aliphatic hydroxyl groups excluding tert-OH is 1. The summed E-state index contributed by atoms with van der Waals surface area (Å²) in [6.45, 7) is 2.06. The van der Waals surface area contributed by atoms with Gasteiger partial charge in [0.15, 0.2) is 0 Å². The van der Waals surface area contributed by atoms with Crippen molar-refractivity contribution < 1.29 is 9.84 Å². The third-order valence-electron chi connectivity index (χ3n) is 3.41. The zero-order chi connectivity index (χ0) is 13.7. The van der Waals surface area contributed by atoms with Gasteiger partial charge in [-0.15, -0.1) is 0 Å². The van der Waals surface area contributed by atoms with Crippen LogP contribution in [-0.2, 0) is 6.42 Å². The van der Waals surface area contributed by atoms with Gasteiger partial charge in [-0.05, 0) is 29.5 Å². The molecule has 0 heterocycles. The minimum Gasteiger partial charge on any atom is -0.496 e. The number of hydrogen-bond donors (Lipinski definition) is 1. The van der Waals surface area contributed by atoms with E-state index in [1.165, 1.54) is 0 Å². The highest BCUT2D eigenvalue weighted by Crippen LogP contribution is 2.28. The maximum absolute atomic E-state index is 10.4. The molecule has 1 N–H and O–H groups in total. The van der Waals surface area contributed by atoms with E-state index in [4.69, 9.17) is 4.74 Å². The van der Waals surface area contributed by atoms with E-state index in [1.54, 1.807) is 7.11 Å². The van der Waals surface area contributed by atoms with Gasteiger partial charge in [-0.1, -0.05) is 55.5 Å². The number of aliphatic hydroxyl groups is 1. The molecule has 0 saturated heterocycles. The first-order valence-electron chi connectivity index (χ1n) is 6.57. The second-order valence-electron chi connectivity index (χ2n) is 4.85. The average Bonchev–Trinajstić information content (AvgIpc) is 2.48. The number of ether oxygens (including phenoxy) is 1.